The van der Waals surface area contributed by atoms with Crippen LogP contribution < -0.4 is 4.90 Å². The molecule has 0 fully saturated rings. The molecular weight excluding hydrogens is 444 g/mol. The predicted octanol–water partition coefficient (Wildman–Crippen LogP) is 5.55. The van der Waals surface area contributed by atoms with Gasteiger partial charge in [-0.3, -0.25) is 30.2 Å². The van der Waals surface area contributed by atoms with Gasteiger partial charge in [0.15, 0.2) is 5.78 Å². The fourth-order valence-electron chi connectivity index (χ4n) is 4.83. The lowest BCUT2D eigenvalue weighted by Gasteiger charge is -2.41. The van der Waals surface area contributed by atoms with Crippen LogP contribution in [0.15, 0.2) is 96.0 Å². The molecule has 1 unspecified atom stereocenters. The van der Waals surface area contributed by atoms with Crippen molar-refractivity contribution in [2.75, 3.05) is 4.90 Å². The van der Waals surface area contributed by atoms with Gasteiger partial charge in [0, 0.05) is 65.0 Å². The number of hydrogen-bond donors (Lipinski definition) is 2. The van der Waals surface area contributed by atoms with Gasteiger partial charge in [0.2, 0.25) is 0 Å². The molecule has 35 heavy (non-hydrogen) atoms. The number of aromatic nitrogens is 1. The van der Waals surface area contributed by atoms with Gasteiger partial charge in [-0.25, -0.2) is 0 Å². The molecule has 0 saturated carbocycles. The average molecular weight is 466 g/mol. The number of ketones is 1. The van der Waals surface area contributed by atoms with E-state index >= 15 is 0 Å². The first-order chi connectivity index (χ1) is 17.0. The van der Waals surface area contributed by atoms with E-state index in [1.54, 1.807) is 59.8 Å². The first-order valence-electron chi connectivity index (χ1n) is 11.3. The van der Waals surface area contributed by atoms with Crippen LogP contribution >= 0.6 is 0 Å². The van der Waals surface area contributed by atoms with E-state index in [9.17, 15) is 25.4 Å². The number of amidine groups is 1. The monoisotopic (exact) mass is 466 g/mol. The third-order valence-electron chi connectivity index (χ3n) is 6.39. The molecule has 1 aromatic heterocycles. The number of carbonyl (C=O) groups excluding carboxylic acids is 1. The number of allylic oxidation sites excluding steroid dienone is 2. The van der Waals surface area contributed by atoms with Gasteiger partial charge < -0.3 is 5.11 Å². The van der Waals surface area contributed by atoms with Gasteiger partial charge in [-0.05, 0) is 36.6 Å². The summed E-state index contributed by atoms with van der Waals surface area (Å²) >= 11 is 0. The molecule has 1 aliphatic heterocycles. The summed E-state index contributed by atoms with van der Waals surface area (Å²) in [5.74, 6) is -0.782. The molecule has 3 aromatic rings. The van der Waals surface area contributed by atoms with E-state index < -0.39 is 10.8 Å². The number of carbonyl (C=O) groups is 1. The van der Waals surface area contributed by atoms with E-state index in [4.69, 9.17) is 0 Å². The lowest BCUT2D eigenvalue weighted by molar-refractivity contribution is -0.384. The summed E-state index contributed by atoms with van der Waals surface area (Å²) in [6.45, 7) is 0. The summed E-state index contributed by atoms with van der Waals surface area (Å²) < 4.78 is 0. The third kappa shape index (κ3) is 3.89. The molecule has 0 radical (unpaired) electrons. The molecule has 0 spiro atoms. The molecule has 1 atom stereocenters. The molecule has 8 heteroatoms. The van der Waals surface area contributed by atoms with Gasteiger partial charge in [-0.1, -0.05) is 36.4 Å². The average Bonchev–Trinajstić information content (AvgIpc) is 2.89. The van der Waals surface area contributed by atoms with Crippen molar-refractivity contribution in [2.45, 2.75) is 25.2 Å². The van der Waals surface area contributed by atoms with E-state index in [2.05, 4.69) is 4.98 Å². The van der Waals surface area contributed by atoms with Gasteiger partial charge in [0.1, 0.15) is 11.6 Å². The zero-order valence-corrected chi connectivity index (χ0v) is 18.7. The van der Waals surface area contributed by atoms with Crippen molar-refractivity contribution >= 4 is 28.8 Å². The van der Waals surface area contributed by atoms with Crippen molar-refractivity contribution < 1.29 is 14.8 Å². The Kier molecular flexibility index (Phi) is 5.70. The summed E-state index contributed by atoms with van der Waals surface area (Å²) in [4.78, 5) is 29.9. The maximum Gasteiger partial charge on any atom is 0.269 e. The highest BCUT2D eigenvalue weighted by atomic mass is 16.6. The summed E-state index contributed by atoms with van der Waals surface area (Å²) in [7, 11) is 0. The number of non-ortho nitro benzene ring substituents is 1. The van der Waals surface area contributed by atoms with Crippen LogP contribution in [-0.4, -0.2) is 26.6 Å². The summed E-state index contributed by atoms with van der Waals surface area (Å²) in [5.41, 5.74) is 3.18. The number of benzene rings is 2. The zero-order valence-electron chi connectivity index (χ0n) is 18.7. The van der Waals surface area contributed by atoms with Crippen LogP contribution in [0.3, 0.4) is 0 Å². The topological polar surface area (TPSA) is 120 Å². The van der Waals surface area contributed by atoms with Crippen LogP contribution in [0, 0.1) is 15.5 Å². The zero-order chi connectivity index (χ0) is 24.5. The van der Waals surface area contributed by atoms with Crippen LogP contribution in [0.5, 0.6) is 0 Å². The molecule has 0 bridgehead atoms. The standard InChI is InChI=1S/C27H22N4O4/c28-27-25(26(33)17-6-2-1-3-7-17)23(18-8-5-15-29-16-18)24-21(9-4-10-22(24)32)30(27)19-11-13-20(14-12-19)31(34)35/h1-3,5-8,11-16,23,28,33H,4,9-10H2/b26-25+,28-27?. The van der Waals surface area contributed by atoms with Gasteiger partial charge in [0.05, 0.1) is 4.92 Å². The second-order valence-electron chi connectivity index (χ2n) is 8.44. The first kappa shape index (κ1) is 22.2. The quantitative estimate of drug-likeness (QED) is 0.296. The van der Waals surface area contributed by atoms with E-state index in [-0.39, 0.29) is 28.6 Å². The van der Waals surface area contributed by atoms with Gasteiger partial charge in [-0.2, -0.15) is 0 Å². The number of aliphatic hydroxyl groups excluding tert-OH is 1. The molecule has 2 aromatic carbocycles. The Bertz CT molecular complexity index is 1380. The number of Topliss-reactive ketones (excluding diaryl/α,β-unsaturated/α-hetero) is 1. The minimum Gasteiger partial charge on any atom is -0.507 e. The van der Waals surface area contributed by atoms with E-state index in [0.29, 0.717) is 47.3 Å². The molecule has 2 N–H and O–H groups in total. The van der Waals surface area contributed by atoms with Crippen molar-refractivity contribution in [2.24, 2.45) is 0 Å². The molecule has 1 aliphatic carbocycles. The molecule has 174 valence electrons. The summed E-state index contributed by atoms with van der Waals surface area (Å²) in [6, 6.07) is 18.4. The van der Waals surface area contributed by atoms with Gasteiger partial charge in [0.25, 0.3) is 5.69 Å². The predicted molar refractivity (Wildman–Crippen MR) is 132 cm³/mol. The van der Waals surface area contributed by atoms with Crippen LogP contribution in [0.25, 0.3) is 5.76 Å². The minimum absolute atomic E-state index is 0.0162. The Balaban J connectivity index is 1.79. The number of nitrogens with one attached hydrogen (secondary N) is 1. The maximum absolute atomic E-state index is 13.4. The third-order valence-corrected chi connectivity index (χ3v) is 6.39. The normalized spacial score (nSPS) is 19.4. The number of anilines is 1. The van der Waals surface area contributed by atoms with Crippen LogP contribution in [-0.2, 0) is 4.79 Å². The van der Waals surface area contributed by atoms with Gasteiger partial charge >= 0.3 is 0 Å². The smallest absolute Gasteiger partial charge is 0.269 e. The van der Waals surface area contributed by atoms with E-state index in [1.807, 2.05) is 12.1 Å². The Morgan fingerprint density at radius 3 is 2.46 bits per heavy atom. The summed E-state index contributed by atoms with van der Waals surface area (Å²) in [6.07, 6.45) is 4.87. The summed E-state index contributed by atoms with van der Waals surface area (Å²) in [5, 5.41) is 31.9. The molecule has 8 nitrogen and oxygen atoms in total. The largest absolute Gasteiger partial charge is 0.507 e. The molecular formula is C27H22N4O4. The number of pyridine rings is 1. The molecule has 0 saturated heterocycles. The first-order valence-corrected chi connectivity index (χ1v) is 11.3. The number of rotatable bonds is 4. The Hall–Kier alpha value is -4.59. The van der Waals surface area contributed by atoms with Crippen LogP contribution in [0.4, 0.5) is 11.4 Å². The molecule has 5 rings (SSSR count). The maximum atomic E-state index is 13.4. The van der Waals surface area contributed by atoms with Crippen molar-refractivity contribution in [3.8, 4) is 0 Å². The second kappa shape index (κ2) is 8.98. The number of hydrogen-bond acceptors (Lipinski definition) is 6. The number of nitro groups is 1. The SMILES string of the molecule is N=C1/C(=C(/O)c2ccccc2)C(c2cccnc2)C2=C(CCCC2=O)N1c1ccc([N+](=O)[O-])cc1. The molecule has 2 heterocycles. The highest BCUT2D eigenvalue weighted by molar-refractivity contribution is 6.19. The Morgan fingerprint density at radius 2 is 1.80 bits per heavy atom. The van der Waals surface area contributed by atoms with E-state index in [1.165, 1.54) is 12.1 Å². The lowest BCUT2D eigenvalue weighted by atomic mass is 9.74. The van der Waals surface area contributed by atoms with Gasteiger partial charge in [-0.15, -0.1) is 0 Å². The fourth-order valence-corrected chi connectivity index (χ4v) is 4.83. The van der Waals surface area contributed by atoms with Crippen LogP contribution in [0.2, 0.25) is 0 Å². The van der Waals surface area contributed by atoms with E-state index in [0.717, 1.165) is 0 Å². The Morgan fingerprint density at radius 1 is 1.06 bits per heavy atom. The Labute approximate surface area is 201 Å². The van der Waals surface area contributed by atoms with Crippen LogP contribution in [0.1, 0.15) is 36.3 Å². The minimum atomic E-state index is -0.659. The highest BCUT2D eigenvalue weighted by Crippen LogP contribution is 2.47. The van der Waals surface area contributed by atoms with Crippen molar-refractivity contribution in [1.82, 2.24) is 4.98 Å². The number of nitrogens with zero attached hydrogens (tertiary/aromatic N) is 3. The molecule has 0 amide bonds. The highest BCUT2D eigenvalue weighted by Gasteiger charge is 2.43. The van der Waals surface area contributed by atoms with Crippen molar-refractivity contribution in [3.05, 3.63) is 117 Å². The number of nitro benzene ring substituents is 1. The fraction of sp³-hybridized carbons (Fsp3) is 0.148. The lowest BCUT2D eigenvalue weighted by Crippen LogP contribution is -2.42. The van der Waals surface area contributed by atoms with Crippen molar-refractivity contribution in [3.63, 3.8) is 0 Å². The molecule has 2 aliphatic rings. The second-order valence-corrected chi connectivity index (χ2v) is 8.44. The van der Waals surface area contributed by atoms with Crippen molar-refractivity contribution in [1.29, 1.82) is 5.41 Å². The number of aliphatic hydroxyl groups is 1.